The van der Waals surface area contributed by atoms with E-state index in [1.807, 2.05) is 0 Å². The Morgan fingerprint density at radius 3 is 2.69 bits per heavy atom. The fourth-order valence-electron chi connectivity index (χ4n) is 3.31. The van der Waals surface area contributed by atoms with Gasteiger partial charge in [-0.15, -0.1) is 5.10 Å². The number of nitrogen functional groups attached to an aromatic ring is 1. The number of pyridine rings is 1. The first-order chi connectivity index (χ1) is 15.3. The zero-order valence-corrected chi connectivity index (χ0v) is 18.1. The first-order valence-electron chi connectivity index (χ1n) is 9.65. The second-order valence-electron chi connectivity index (χ2n) is 7.08. The van der Waals surface area contributed by atoms with Gasteiger partial charge < -0.3 is 16.2 Å². The van der Waals surface area contributed by atoms with Crippen LogP contribution in [0.2, 0.25) is 10.0 Å². The number of anilines is 1. The molecule has 0 spiro atoms. The summed E-state index contributed by atoms with van der Waals surface area (Å²) in [7, 11) is 0. The van der Waals surface area contributed by atoms with Gasteiger partial charge in [0.1, 0.15) is 5.82 Å². The van der Waals surface area contributed by atoms with Crippen molar-refractivity contribution in [3.63, 3.8) is 0 Å². The van der Waals surface area contributed by atoms with Crippen molar-refractivity contribution in [3.05, 3.63) is 81.7 Å². The number of carbonyl (C=O) groups is 1. The van der Waals surface area contributed by atoms with E-state index in [0.29, 0.717) is 21.8 Å². The Balaban J connectivity index is 1.51. The molecular formula is C22H18Cl2FN5O2. The molecule has 4 aromatic rings. The summed E-state index contributed by atoms with van der Waals surface area (Å²) >= 11 is 12.0. The largest absolute Gasteiger partial charge is 0.388 e. The molecule has 7 nitrogen and oxygen atoms in total. The zero-order valence-electron chi connectivity index (χ0n) is 16.6. The van der Waals surface area contributed by atoms with Crippen molar-refractivity contribution in [1.82, 2.24) is 19.9 Å². The second-order valence-corrected chi connectivity index (χ2v) is 7.93. The maximum atomic E-state index is 15.3. The van der Waals surface area contributed by atoms with Crippen molar-refractivity contribution < 1.29 is 14.3 Å². The Hall–Kier alpha value is -3.20. The number of nitrogens with zero attached hydrogens (tertiary/aromatic N) is 3. The highest BCUT2D eigenvalue weighted by molar-refractivity contribution is 6.34. The summed E-state index contributed by atoms with van der Waals surface area (Å²) in [4.78, 5) is 16.7. The van der Waals surface area contributed by atoms with E-state index in [1.54, 1.807) is 42.6 Å². The molecule has 32 heavy (non-hydrogen) atoms. The SMILES string of the molecule is Nc1nc2cc(-c3ccc(Cl)c(C(=O)NCC[C@H](O)c4ccc(Cl)cc4)c3F)ccn2n1. The second kappa shape index (κ2) is 9.12. The number of hydrogen-bond donors (Lipinski definition) is 3. The molecule has 0 aliphatic heterocycles. The molecule has 164 valence electrons. The van der Waals surface area contributed by atoms with Crippen LogP contribution in [0.3, 0.4) is 0 Å². The molecule has 0 aliphatic rings. The Morgan fingerprint density at radius 1 is 1.19 bits per heavy atom. The minimum Gasteiger partial charge on any atom is -0.388 e. The summed E-state index contributed by atoms with van der Waals surface area (Å²) in [6.07, 6.45) is 1.03. The molecule has 0 aliphatic carbocycles. The van der Waals surface area contributed by atoms with E-state index in [0.717, 1.165) is 0 Å². The number of aliphatic hydroxyl groups is 1. The van der Waals surface area contributed by atoms with Gasteiger partial charge in [-0.05, 0) is 53.9 Å². The lowest BCUT2D eigenvalue weighted by molar-refractivity contribution is 0.0939. The number of halogens is 3. The molecule has 2 heterocycles. The molecule has 0 saturated heterocycles. The highest BCUT2D eigenvalue weighted by atomic mass is 35.5. The first-order valence-corrected chi connectivity index (χ1v) is 10.4. The van der Waals surface area contributed by atoms with Crippen molar-refractivity contribution in [1.29, 1.82) is 0 Å². The molecule has 0 radical (unpaired) electrons. The lowest BCUT2D eigenvalue weighted by Crippen LogP contribution is -2.27. The molecule has 0 bridgehead atoms. The standard InChI is InChI=1S/C22H18Cl2FN5O2/c23-14-3-1-12(2-4-14)17(31)7-9-27-21(32)19-16(24)6-5-15(20(19)25)13-8-10-30-18(11-13)28-22(26)29-30/h1-6,8,10-11,17,31H,7,9H2,(H2,26,29)(H,27,32)/t17-/m0/s1. The van der Waals surface area contributed by atoms with Crippen molar-refractivity contribution >= 4 is 40.7 Å². The third-order valence-electron chi connectivity index (χ3n) is 4.94. The van der Waals surface area contributed by atoms with E-state index >= 15 is 4.39 Å². The minimum atomic E-state index is -0.804. The number of hydrogen-bond acceptors (Lipinski definition) is 5. The molecule has 1 amide bonds. The van der Waals surface area contributed by atoms with Crippen molar-refractivity contribution in [2.75, 3.05) is 12.3 Å². The highest BCUT2D eigenvalue weighted by Gasteiger charge is 2.21. The van der Waals surface area contributed by atoms with Gasteiger partial charge in [0.25, 0.3) is 5.91 Å². The van der Waals surface area contributed by atoms with Crippen LogP contribution in [0.25, 0.3) is 16.8 Å². The van der Waals surface area contributed by atoms with Crippen LogP contribution in [0.15, 0.2) is 54.7 Å². The summed E-state index contributed by atoms with van der Waals surface area (Å²) < 4.78 is 16.8. The van der Waals surface area contributed by atoms with Crippen LogP contribution in [0.4, 0.5) is 10.3 Å². The number of carbonyl (C=O) groups excluding carboxylic acids is 1. The van der Waals surface area contributed by atoms with Gasteiger partial charge in [0.2, 0.25) is 5.95 Å². The number of aliphatic hydroxyl groups excluding tert-OH is 1. The average Bonchev–Trinajstić information content (AvgIpc) is 3.13. The quantitative estimate of drug-likeness (QED) is 0.387. The fraction of sp³-hybridized carbons (Fsp3) is 0.136. The van der Waals surface area contributed by atoms with E-state index < -0.39 is 17.8 Å². The van der Waals surface area contributed by atoms with Crippen LogP contribution >= 0.6 is 23.2 Å². The Labute approximate surface area is 192 Å². The number of aromatic nitrogens is 3. The normalized spacial score (nSPS) is 12.1. The topological polar surface area (TPSA) is 106 Å². The van der Waals surface area contributed by atoms with Crippen LogP contribution in [0.1, 0.15) is 28.4 Å². The molecule has 4 rings (SSSR count). The summed E-state index contributed by atoms with van der Waals surface area (Å²) in [6.45, 7) is 0.119. The van der Waals surface area contributed by atoms with Gasteiger partial charge in [0.05, 0.1) is 16.7 Å². The molecule has 10 heteroatoms. The van der Waals surface area contributed by atoms with Crippen LogP contribution < -0.4 is 11.1 Å². The maximum Gasteiger partial charge on any atom is 0.255 e. The summed E-state index contributed by atoms with van der Waals surface area (Å²) in [5, 5.41) is 17.4. The minimum absolute atomic E-state index is 0.0187. The van der Waals surface area contributed by atoms with E-state index in [1.165, 1.54) is 16.6 Å². The maximum absolute atomic E-state index is 15.3. The summed E-state index contributed by atoms with van der Waals surface area (Å²) in [6, 6.07) is 12.9. The van der Waals surface area contributed by atoms with Gasteiger partial charge in [-0.3, -0.25) is 4.79 Å². The molecular weight excluding hydrogens is 456 g/mol. The van der Waals surface area contributed by atoms with Gasteiger partial charge in [-0.25, -0.2) is 8.91 Å². The predicted molar refractivity (Wildman–Crippen MR) is 121 cm³/mol. The van der Waals surface area contributed by atoms with E-state index in [4.69, 9.17) is 28.9 Å². The third kappa shape index (κ3) is 4.52. The summed E-state index contributed by atoms with van der Waals surface area (Å²) in [5.41, 5.74) is 7.11. The van der Waals surface area contributed by atoms with E-state index in [-0.39, 0.29) is 35.1 Å². The summed E-state index contributed by atoms with van der Waals surface area (Å²) in [5.74, 6) is -1.34. The molecule has 1 atom stereocenters. The van der Waals surface area contributed by atoms with Gasteiger partial charge in [0.15, 0.2) is 5.65 Å². The first kappa shape index (κ1) is 22.0. The van der Waals surface area contributed by atoms with Crippen LogP contribution in [0, 0.1) is 5.82 Å². The number of nitrogens with one attached hydrogen (secondary N) is 1. The Morgan fingerprint density at radius 2 is 1.94 bits per heavy atom. The highest BCUT2D eigenvalue weighted by Crippen LogP contribution is 2.30. The van der Waals surface area contributed by atoms with E-state index in [2.05, 4.69) is 15.4 Å². The van der Waals surface area contributed by atoms with Crippen molar-refractivity contribution in [3.8, 4) is 11.1 Å². The molecule has 0 saturated carbocycles. The van der Waals surface area contributed by atoms with Gasteiger partial charge in [0, 0.05) is 23.3 Å². The van der Waals surface area contributed by atoms with Crippen molar-refractivity contribution in [2.24, 2.45) is 0 Å². The van der Waals surface area contributed by atoms with Gasteiger partial charge in [-0.1, -0.05) is 35.3 Å². The monoisotopic (exact) mass is 473 g/mol. The fourth-order valence-corrected chi connectivity index (χ4v) is 3.67. The number of amides is 1. The van der Waals surface area contributed by atoms with Crippen LogP contribution in [0.5, 0.6) is 0 Å². The molecule has 0 unspecified atom stereocenters. The van der Waals surface area contributed by atoms with Crippen molar-refractivity contribution in [2.45, 2.75) is 12.5 Å². The molecule has 2 aromatic carbocycles. The number of fused-ring (bicyclic) bond motifs is 1. The zero-order chi connectivity index (χ0) is 22.8. The third-order valence-corrected chi connectivity index (χ3v) is 5.51. The number of nitrogens with two attached hydrogens (primary N) is 1. The van der Waals surface area contributed by atoms with Gasteiger partial charge >= 0.3 is 0 Å². The smallest absolute Gasteiger partial charge is 0.255 e. The van der Waals surface area contributed by atoms with Crippen LogP contribution in [-0.4, -0.2) is 32.2 Å². The van der Waals surface area contributed by atoms with Gasteiger partial charge in [-0.2, -0.15) is 4.98 Å². The lowest BCUT2D eigenvalue weighted by atomic mass is 10.0. The predicted octanol–water partition coefficient (Wildman–Crippen LogP) is 4.28. The number of benzene rings is 2. The number of rotatable bonds is 6. The Kier molecular flexibility index (Phi) is 6.27. The molecule has 4 N–H and O–H groups in total. The molecule has 2 aromatic heterocycles. The lowest BCUT2D eigenvalue weighted by Gasteiger charge is -2.14. The average molecular weight is 474 g/mol. The molecule has 0 fully saturated rings. The van der Waals surface area contributed by atoms with E-state index in [9.17, 15) is 9.90 Å². The van der Waals surface area contributed by atoms with Crippen LogP contribution in [-0.2, 0) is 0 Å². The Bertz CT molecular complexity index is 1290.